The van der Waals surface area contributed by atoms with Crippen molar-refractivity contribution >= 4 is 35.0 Å². The Morgan fingerprint density at radius 2 is 1.35 bits per heavy atom. The van der Waals surface area contributed by atoms with Gasteiger partial charge in [0.05, 0.1) is 17.8 Å². The summed E-state index contributed by atoms with van der Waals surface area (Å²) >= 11 is 1.86. The van der Waals surface area contributed by atoms with E-state index in [1.54, 1.807) is 0 Å². The van der Waals surface area contributed by atoms with Gasteiger partial charge >= 0.3 is 0 Å². The molecule has 3 nitrogen and oxygen atoms in total. The molecule has 2 unspecified atom stereocenters. The molecular weight excluding hydrogens is 581 g/mol. The molecular formula is C37H62O3SSi2. The number of benzene rings is 1. The number of aryl methyl sites for hydroxylation is 2. The first kappa shape index (κ1) is 38.2. The van der Waals surface area contributed by atoms with Crippen LogP contribution in [0.3, 0.4) is 0 Å². The monoisotopic (exact) mass is 642 g/mol. The van der Waals surface area contributed by atoms with E-state index in [9.17, 15) is 5.11 Å². The molecule has 1 aromatic carbocycles. The highest BCUT2D eigenvalue weighted by molar-refractivity contribution is 7.11. The fourth-order valence-electron chi connectivity index (χ4n) is 5.63. The Labute approximate surface area is 273 Å². The van der Waals surface area contributed by atoms with E-state index in [4.69, 9.17) is 8.85 Å². The zero-order chi connectivity index (χ0) is 32.6. The summed E-state index contributed by atoms with van der Waals surface area (Å²) in [5.41, 5.74) is 6.18. The standard InChI is InChI=1S/C37H62O3SSi2/c1-14-29(18-17-23-37(38,15-2)16-3)32-25-28(26-41-32)20-19-27-21-22-30(33(35(4,5)6)39-42(10)11)31(24-27)34(36(7,8)9)40-43(12)13/h18,21-22,24-26,33-34,38H,14-17,19-20,23H2,1-13H3. The van der Waals surface area contributed by atoms with Crippen LogP contribution in [-0.2, 0) is 21.7 Å². The van der Waals surface area contributed by atoms with Gasteiger partial charge in [0.1, 0.15) is 0 Å². The highest BCUT2D eigenvalue weighted by Crippen LogP contribution is 2.45. The van der Waals surface area contributed by atoms with Crippen LogP contribution < -0.4 is 0 Å². The van der Waals surface area contributed by atoms with Crippen molar-refractivity contribution in [3.63, 3.8) is 0 Å². The van der Waals surface area contributed by atoms with Crippen molar-refractivity contribution < 1.29 is 14.0 Å². The molecule has 43 heavy (non-hydrogen) atoms. The summed E-state index contributed by atoms with van der Waals surface area (Å²) in [6.45, 7) is 29.2. The molecule has 0 spiro atoms. The Morgan fingerprint density at radius 1 is 0.814 bits per heavy atom. The fourth-order valence-corrected chi connectivity index (χ4v) is 8.60. The molecule has 2 aromatic rings. The fraction of sp³-hybridized carbons (Fsp3) is 0.676. The summed E-state index contributed by atoms with van der Waals surface area (Å²) in [5, 5.41) is 13.0. The molecule has 0 bridgehead atoms. The Kier molecular flexibility index (Phi) is 14.7. The lowest BCUT2D eigenvalue weighted by Crippen LogP contribution is -2.31. The third kappa shape index (κ3) is 11.7. The Morgan fingerprint density at radius 3 is 1.84 bits per heavy atom. The van der Waals surface area contributed by atoms with E-state index < -0.39 is 23.7 Å². The van der Waals surface area contributed by atoms with Crippen LogP contribution in [0.15, 0.2) is 35.7 Å². The van der Waals surface area contributed by atoms with Crippen LogP contribution in [0, 0.1) is 10.8 Å². The summed E-state index contributed by atoms with van der Waals surface area (Å²) in [5.74, 6) is 0. The minimum atomic E-state index is -0.908. The molecule has 0 aliphatic heterocycles. The number of hydrogen-bond acceptors (Lipinski definition) is 4. The zero-order valence-corrected chi connectivity index (χ0v) is 32.6. The predicted molar refractivity (Wildman–Crippen MR) is 193 cm³/mol. The lowest BCUT2D eigenvalue weighted by molar-refractivity contribution is 0.0246. The van der Waals surface area contributed by atoms with Crippen LogP contribution in [-0.4, -0.2) is 28.8 Å². The van der Waals surface area contributed by atoms with Crippen molar-refractivity contribution in [2.24, 2.45) is 10.8 Å². The molecule has 6 heteroatoms. The van der Waals surface area contributed by atoms with Gasteiger partial charge in [-0.25, -0.2) is 0 Å². The minimum Gasteiger partial charge on any atom is -0.410 e. The highest BCUT2D eigenvalue weighted by atomic mass is 32.1. The first-order valence-electron chi connectivity index (χ1n) is 16.5. The lowest BCUT2D eigenvalue weighted by Gasteiger charge is -2.39. The third-order valence-electron chi connectivity index (χ3n) is 8.37. The van der Waals surface area contributed by atoms with Gasteiger partial charge in [-0.3, -0.25) is 0 Å². The van der Waals surface area contributed by atoms with Crippen LogP contribution in [0.4, 0.5) is 0 Å². The summed E-state index contributed by atoms with van der Waals surface area (Å²) < 4.78 is 13.5. The van der Waals surface area contributed by atoms with Crippen LogP contribution in [0.1, 0.15) is 134 Å². The number of hydrogen-bond donors (Lipinski definition) is 1. The van der Waals surface area contributed by atoms with Gasteiger partial charge < -0.3 is 14.0 Å². The van der Waals surface area contributed by atoms with Crippen LogP contribution in [0.2, 0.25) is 26.2 Å². The normalized spacial score (nSPS) is 15.0. The molecule has 0 saturated carbocycles. The van der Waals surface area contributed by atoms with Gasteiger partial charge in [0.2, 0.25) is 18.1 Å². The highest BCUT2D eigenvalue weighted by Gasteiger charge is 2.36. The zero-order valence-electron chi connectivity index (χ0n) is 29.7. The van der Waals surface area contributed by atoms with Gasteiger partial charge in [-0.05, 0) is 121 Å². The summed E-state index contributed by atoms with van der Waals surface area (Å²) in [7, 11) is -1.80. The second-order valence-electron chi connectivity index (χ2n) is 14.9. The SMILES string of the molecule is CCC(=CCCC(O)(CC)CC)c1cc(CCc2ccc(C(O[Si](C)C)C(C)(C)C)c(C(O[Si](C)C)C(C)(C)C)c2)cs1. The van der Waals surface area contributed by atoms with Gasteiger partial charge in [-0.15, -0.1) is 11.3 Å². The quantitative estimate of drug-likeness (QED) is 0.185. The maximum atomic E-state index is 10.7. The van der Waals surface area contributed by atoms with Crippen molar-refractivity contribution in [1.29, 1.82) is 0 Å². The molecule has 0 aliphatic carbocycles. The molecule has 0 saturated heterocycles. The van der Waals surface area contributed by atoms with Crippen molar-refractivity contribution in [1.82, 2.24) is 0 Å². The maximum absolute atomic E-state index is 10.7. The van der Waals surface area contributed by atoms with Crippen LogP contribution in [0.25, 0.3) is 5.57 Å². The van der Waals surface area contributed by atoms with Gasteiger partial charge in [0.25, 0.3) is 0 Å². The Bertz CT molecular complexity index is 1150. The molecule has 0 aliphatic rings. The van der Waals surface area contributed by atoms with E-state index in [2.05, 4.69) is 124 Å². The van der Waals surface area contributed by atoms with Gasteiger partial charge in [0.15, 0.2) is 0 Å². The van der Waals surface area contributed by atoms with Crippen LogP contribution >= 0.6 is 11.3 Å². The number of rotatable bonds is 16. The molecule has 0 fully saturated rings. The average Bonchev–Trinajstić information content (AvgIpc) is 3.39. The molecule has 1 N–H and O–H groups in total. The van der Waals surface area contributed by atoms with Gasteiger partial charge in [-0.1, -0.05) is 86.6 Å². The Hall–Kier alpha value is -1.03. The summed E-state index contributed by atoms with van der Waals surface area (Å²) in [4.78, 5) is 1.37. The summed E-state index contributed by atoms with van der Waals surface area (Å²) in [6, 6.07) is 9.50. The number of aliphatic hydroxyl groups is 1. The first-order valence-corrected chi connectivity index (χ1v) is 22.2. The van der Waals surface area contributed by atoms with Crippen molar-refractivity contribution in [2.75, 3.05) is 0 Å². The van der Waals surface area contributed by atoms with Crippen LogP contribution in [0.5, 0.6) is 0 Å². The van der Waals surface area contributed by atoms with E-state index in [0.29, 0.717) is 0 Å². The molecule has 2 atom stereocenters. The average molecular weight is 643 g/mol. The van der Waals surface area contributed by atoms with Crippen molar-refractivity contribution in [2.45, 2.75) is 151 Å². The number of thiophene rings is 1. The number of allylic oxidation sites excluding steroid dienone is 2. The molecule has 2 radical (unpaired) electrons. The molecule has 1 heterocycles. The van der Waals surface area contributed by atoms with E-state index in [-0.39, 0.29) is 23.0 Å². The maximum Gasteiger partial charge on any atom is 0.205 e. The van der Waals surface area contributed by atoms with Crippen molar-refractivity contribution in [3.05, 3.63) is 62.9 Å². The molecule has 0 amide bonds. The van der Waals surface area contributed by atoms with E-state index in [1.165, 1.54) is 32.7 Å². The smallest absolute Gasteiger partial charge is 0.205 e. The van der Waals surface area contributed by atoms with Gasteiger partial charge in [-0.2, -0.15) is 0 Å². The molecule has 1 aromatic heterocycles. The third-order valence-corrected chi connectivity index (χ3v) is 10.8. The van der Waals surface area contributed by atoms with E-state index in [0.717, 1.165) is 44.9 Å². The van der Waals surface area contributed by atoms with E-state index >= 15 is 0 Å². The van der Waals surface area contributed by atoms with E-state index in [1.807, 2.05) is 11.3 Å². The van der Waals surface area contributed by atoms with Gasteiger partial charge in [0, 0.05) is 4.88 Å². The first-order chi connectivity index (χ1) is 19.9. The summed E-state index contributed by atoms with van der Waals surface area (Å²) in [6.07, 6.45) is 8.83. The second kappa shape index (κ2) is 16.5. The van der Waals surface area contributed by atoms with Crippen molar-refractivity contribution in [3.8, 4) is 0 Å². The Balaban J connectivity index is 2.38. The second-order valence-corrected chi connectivity index (χ2v) is 19.9. The minimum absolute atomic E-state index is 0.0177. The topological polar surface area (TPSA) is 38.7 Å². The lowest BCUT2D eigenvalue weighted by atomic mass is 9.77. The largest absolute Gasteiger partial charge is 0.410 e. The molecule has 2 rings (SSSR count). The predicted octanol–water partition coefficient (Wildman–Crippen LogP) is 11.4. The molecule has 242 valence electrons.